The Hall–Kier alpha value is -3.20. The lowest BCUT2D eigenvalue weighted by Crippen LogP contribution is -2.51. The molecule has 1 fully saturated rings. The van der Waals surface area contributed by atoms with Gasteiger partial charge in [-0.2, -0.15) is 0 Å². The van der Waals surface area contributed by atoms with Crippen LogP contribution in [-0.2, 0) is 26.0 Å². The summed E-state index contributed by atoms with van der Waals surface area (Å²) in [4.78, 5) is 40.4. The molecule has 2 aliphatic rings. The standard InChI is InChI=1S/C26H31N3O5S/c1-19(25(31)27-21-11-5-6-12-21)28(17-15-20-9-3-2-4-10-20)24(30)16-18-29-26(32)22-13-7-8-14-23(22)35(29,33)34/h2-4,7-10,13-14,19,21H,5-6,11-12,15-18H2,1H3,(H,27,31). The lowest BCUT2D eigenvalue weighted by atomic mass is 10.1. The molecule has 1 aliphatic carbocycles. The molecule has 1 aliphatic heterocycles. The highest BCUT2D eigenvalue weighted by molar-refractivity contribution is 7.90. The fourth-order valence-corrected chi connectivity index (χ4v) is 6.32. The second-order valence-corrected chi connectivity index (χ2v) is 10.9. The average Bonchev–Trinajstić information content (AvgIpc) is 3.43. The quantitative estimate of drug-likeness (QED) is 0.574. The van der Waals surface area contributed by atoms with Crippen molar-refractivity contribution in [2.24, 2.45) is 0 Å². The van der Waals surface area contributed by atoms with E-state index in [1.54, 1.807) is 19.1 Å². The van der Waals surface area contributed by atoms with E-state index in [1.165, 1.54) is 17.0 Å². The zero-order valence-corrected chi connectivity index (χ0v) is 20.7. The zero-order chi connectivity index (χ0) is 25.0. The Morgan fingerprint density at radius 2 is 1.71 bits per heavy atom. The van der Waals surface area contributed by atoms with Gasteiger partial charge in [0.05, 0.1) is 5.56 Å². The second-order valence-electron chi connectivity index (χ2n) is 9.12. The third-order valence-electron chi connectivity index (χ3n) is 6.79. The molecule has 9 heteroatoms. The van der Waals surface area contributed by atoms with Crippen molar-refractivity contribution in [3.63, 3.8) is 0 Å². The Balaban J connectivity index is 1.46. The fraction of sp³-hybridized carbons (Fsp3) is 0.423. The smallest absolute Gasteiger partial charge is 0.269 e. The molecule has 4 rings (SSSR count). The van der Waals surface area contributed by atoms with Gasteiger partial charge in [0.2, 0.25) is 11.8 Å². The minimum atomic E-state index is -3.99. The molecule has 1 unspecified atom stereocenters. The molecular formula is C26H31N3O5S. The summed E-state index contributed by atoms with van der Waals surface area (Å²) in [6.07, 6.45) is 4.39. The van der Waals surface area contributed by atoms with Crippen molar-refractivity contribution in [1.82, 2.24) is 14.5 Å². The molecular weight excluding hydrogens is 466 g/mol. The summed E-state index contributed by atoms with van der Waals surface area (Å²) in [5, 5.41) is 3.05. The first kappa shape index (κ1) is 24.9. The van der Waals surface area contributed by atoms with Gasteiger partial charge < -0.3 is 10.2 Å². The van der Waals surface area contributed by atoms with Crippen LogP contribution in [0.5, 0.6) is 0 Å². The highest BCUT2D eigenvalue weighted by Gasteiger charge is 2.41. The van der Waals surface area contributed by atoms with Crippen molar-refractivity contribution in [3.05, 3.63) is 65.7 Å². The van der Waals surface area contributed by atoms with Crippen molar-refractivity contribution in [2.45, 2.75) is 62.4 Å². The number of hydrogen-bond donors (Lipinski definition) is 1. The minimum absolute atomic E-state index is 0.0392. The van der Waals surface area contributed by atoms with E-state index in [-0.39, 0.29) is 41.3 Å². The van der Waals surface area contributed by atoms with Crippen LogP contribution in [0.15, 0.2) is 59.5 Å². The van der Waals surface area contributed by atoms with Crippen molar-refractivity contribution in [2.75, 3.05) is 13.1 Å². The number of fused-ring (bicyclic) bond motifs is 1. The van der Waals surface area contributed by atoms with Gasteiger partial charge in [0.1, 0.15) is 10.9 Å². The molecule has 186 valence electrons. The Morgan fingerprint density at radius 3 is 2.40 bits per heavy atom. The number of sulfonamides is 1. The number of hydrogen-bond acceptors (Lipinski definition) is 5. The van der Waals surface area contributed by atoms with Crippen molar-refractivity contribution in [1.29, 1.82) is 0 Å². The topological polar surface area (TPSA) is 104 Å². The van der Waals surface area contributed by atoms with Crippen LogP contribution in [0.1, 0.15) is 54.9 Å². The van der Waals surface area contributed by atoms with Crippen LogP contribution in [0.3, 0.4) is 0 Å². The molecule has 1 N–H and O–H groups in total. The summed E-state index contributed by atoms with van der Waals surface area (Å²) in [6, 6.07) is 15.1. The Kier molecular flexibility index (Phi) is 7.54. The van der Waals surface area contributed by atoms with E-state index in [0.29, 0.717) is 13.0 Å². The normalized spacial score (nSPS) is 17.7. The van der Waals surface area contributed by atoms with Crippen LogP contribution in [-0.4, -0.2) is 60.5 Å². The van der Waals surface area contributed by atoms with E-state index in [4.69, 9.17) is 0 Å². The van der Waals surface area contributed by atoms with Gasteiger partial charge in [-0.25, -0.2) is 12.7 Å². The SMILES string of the molecule is CC(C(=O)NC1CCCC1)N(CCc1ccccc1)C(=O)CCN1C(=O)c2ccccc2S1(=O)=O. The minimum Gasteiger partial charge on any atom is -0.352 e. The molecule has 0 radical (unpaired) electrons. The summed E-state index contributed by atoms with van der Waals surface area (Å²) >= 11 is 0. The van der Waals surface area contributed by atoms with Gasteiger partial charge in [0, 0.05) is 25.6 Å². The van der Waals surface area contributed by atoms with E-state index in [2.05, 4.69) is 5.32 Å². The number of nitrogens with one attached hydrogen (secondary N) is 1. The first-order chi connectivity index (χ1) is 16.8. The van der Waals surface area contributed by atoms with Crippen LogP contribution in [0.4, 0.5) is 0 Å². The van der Waals surface area contributed by atoms with Crippen LogP contribution in [0.2, 0.25) is 0 Å². The molecule has 1 heterocycles. The van der Waals surface area contributed by atoms with Crippen LogP contribution in [0.25, 0.3) is 0 Å². The molecule has 1 saturated carbocycles. The van der Waals surface area contributed by atoms with Crippen molar-refractivity contribution >= 4 is 27.7 Å². The summed E-state index contributed by atoms with van der Waals surface area (Å²) in [6.45, 7) is 1.73. The maximum Gasteiger partial charge on any atom is 0.269 e. The third kappa shape index (κ3) is 5.40. The Bertz CT molecular complexity index is 1190. The van der Waals surface area contributed by atoms with Crippen LogP contribution < -0.4 is 5.32 Å². The molecule has 2 aromatic rings. The Labute approximate surface area is 206 Å². The van der Waals surface area contributed by atoms with E-state index in [0.717, 1.165) is 35.6 Å². The highest BCUT2D eigenvalue weighted by Crippen LogP contribution is 2.30. The predicted molar refractivity (Wildman–Crippen MR) is 131 cm³/mol. The number of carbonyl (C=O) groups is 3. The van der Waals surface area contributed by atoms with E-state index in [1.807, 2.05) is 30.3 Å². The van der Waals surface area contributed by atoms with Gasteiger partial charge in [-0.15, -0.1) is 0 Å². The largest absolute Gasteiger partial charge is 0.352 e. The molecule has 1 atom stereocenters. The summed E-state index contributed by atoms with van der Waals surface area (Å²) in [7, 11) is -3.99. The molecule has 0 saturated heterocycles. The number of rotatable bonds is 9. The first-order valence-electron chi connectivity index (χ1n) is 12.1. The number of benzene rings is 2. The van der Waals surface area contributed by atoms with Gasteiger partial charge in [0.25, 0.3) is 15.9 Å². The summed E-state index contributed by atoms with van der Waals surface area (Å²) in [5.41, 5.74) is 1.15. The van der Waals surface area contributed by atoms with Gasteiger partial charge in [-0.3, -0.25) is 14.4 Å². The van der Waals surface area contributed by atoms with Crippen LogP contribution in [0, 0.1) is 0 Å². The predicted octanol–water partition coefficient (Wildman–Crippen LogP) is 2.74. The maximum absolute atomic E-state index is 13.3. The summed E-state index contributed by atoms with van der Waals surface area (Å²) < 4.78 is 26.4. The van der Waals surface area contributed by atoms with Crippen LogP contribution >= 0.6 is 0 Å². The monoisotopic (exact) mass is 497 g/mol. The molecule has 0 aromatic heterocycles. The van der Waals surface area contributed by atoms with Gasteiger partial charge in [-0.05, 0) is 43.9 Å². The lowest BCUT2D eigenvalue weighted by Gasteiger charge is -2.30. The van der Waals surface area contributed by atoms with E-state index in [9.17, 15) is 22.8 Å². The molecule has 3 amide bonds. The highest BCUT2D eigenvalue weighted by atomic mass is 32.2. The zero-order valence-electron chi connectivity index (χ0n) is 19.9. The molecule has 0 spiro atoms. The van der Waals surface area contributed by atoms with E-state index >= 15 is 0 Å². The fourth-order valence-electron chi connectivity index (χ4n) is 4.76. The van der Waals surface area contributed by atoms with E-state index < -0.39 is 22.0 Å². The van der Waals surface area contributed by atoms with Crippen molar-refractivity contribution < 1.29 is 22.8 Å². The first-order valence-corrected chi connectivity index (χ1v) is 13.5. The number of carbonyl (C=O) groups excluding carboxylic acids is 3. The van der Waals surface area contributed by atoms with Gasteiger partial charge in [-0.1, -0.05) is 55.3 Å². The lowest BCUT2D eigenvalue weighted by molar-refractivity contribution is -0.140. The van der Waals surface area contributed by atoms with Crippen molar-refractivity contribution in [3.8, 4) is 0 Å². The summed E-state index contributed by atoms with van der Waals surface area (Å²) in [5.74, 6) is -1.21. The van der Waals surface area contributed by atoms with Gasteiger partial charge >= 0.3 is 0 Å². The third-order valence-corrected chi connectivity index (χ3v) is 8.63. The molecule has 2 aromatic carbocycles. The second kappa shape index (κ2) is 10.6. The average molecular weight is 498 g/mol. The maximum atomic E-state index is 13.3. The number of amides is 3. The Morgan fingerprint density at radius 1 is 1.06 bits per heavy atom. The molecule has 35 heavy (non-hydrogen) atoms. The molecule has 8 nitrogen and oxygen atoms in total. The molecule has 0 bridgehead atoms. The number of nitrogens with zero attached hydrogens (tertiary/aromatic N) is 2. The van der Waals surface area contributed by atoms with Gasteiger partial charge in [0.15, 0.2) is 0 Å².